The molecule has 2 N–H and O–H groups in total. The van der Waals surface area contributed by atoms with Crippen LogP contribution >= 0.6 is 0 Å². The zero-order valence-corrected chi connectivity index (χ0v) is 14.8. The van der Waals surface area contributed by atoms with Gasteiger partial charge in [-0.05, 0) is 42.5 Å². The van der Waals surface area contributed by atoms with Gasteiger partial charge in [-0.1, -0.05) is 18.2 Å². The minimum absolute atomic E-state index is 0.117. The van der Waals surface area contributed by atoms with Crippen LogP contribution in [0.2, 0.25) is 0 Å². The van der Waals surface area contributed by atoms with Gasteiger partial charge in [0.2, 0.25) is 0 Å². The summed E-state index contributed by atoms with van der Waals surface area (Å²) in [5.74, 6) is -2.97. The van der Waals surface area contributed by atoms with Crippen molar-refractivity contribution in [1.82, 2.24) is 4.98 Å². The second-order valence-corrected chi connectivity index (χ2v) is 6.20. The van der Waals surface area contributed by atoms with Crippen molar-refractivity contribution in [2.75, 3.05) is 10.2 Å². The Bertz CT molecular complexity index is 1170. The minimum atomic E-state index is -1.33. The fourth-order valence-corrected chi connectivity index (χ4v) is 3.09. The topological polar surface area (TPSA) is 117 Å². The summed E-state index contributed by atoms with van der Waals surface area (Å²) >= 11 is 0. The van der Waals surface area contributed by atoms with E-state index in [2.05, 4.69) is 10.3 Å². The number of carboxylic acids is 1. The van der Waals surface area contributed by atoms with E-state index in [1.165, 1.54) is 36.5 Å². The van der Waals surface area contributed by atoms with E-state index >= 15 is 0 Å². The molecule has 2 aromatic carbocycles. The van der Waals surface area contributed by atoms with Gasteiger partial charge in [0.05, 0.1) is 22.4 Å². The van der Waals surface area contributed by atoms with Gasteiger partial charge in [0.15, 0.2) is 5.69 Å². The Balaban J connectivity index is 1.64. The maximum Gasteiger partial charge on any atom is 0.355 e. The van der Waals surface area contributed by atoms with Gasteiger partial charge in [0.25, 0.3) is 17.7 Å². The van der Waals surface area contributed by atoms with Gasteiger partial charge in [0, 0.05) is 11.9 Å². The molecule has 8 heteroatoms. The van der Waals surface area contributed by atoms with Crippen molar-refractivity contribution in [3.63, 3.8) is 0 Å². The fourth-order valence-electron chi connectivity index (χ4n) is 3.09. The van der Waals surface area contributed by atoms with Crippen LogP contribution in [0.3, 0.4) is 0 Å². The third-order valence-corrected chi connectivity index (χ3v) is 4.41. The number of para-hydroxylation sites is 1. The van der Waals surface area contributed by atoms with Crippen molar-refractivity contribution in [3.05, 3.63) is 89.2 Å². The Morgan fingerprint density at radius 3 is 2.34 bits per heavy atom. The average Bonchev–Trinajstić information content (AvgIpc) is 2.98. The van der Waals surface area contributed by atoms with Gasteiger partial charge in [-0.2, -0.15) is 0 Å². The number of pyridine rings is 1. The number of benzene rings is 2. The number of aromatic carboxylic acids is 1. The lowest BCUT2D eigenvalue weighted by Crippen LogP contribution is -2.29. The number of anilines is 2. The van der Waals surface area contributed by atoms with Crippen molar-refractivity contribution in [2.45, 2.75) is 0 Å². The molecule has 0 radical (unpaired) electrons. The van der Waals surface area contributed by atoms with Crippen molar-refractivity contribution in [2.24, 2.45) is 0 Å². The number of amides is 3. The highest BCUT2D eigenvalue weighted by Crippen LogP contribution is 2.30. The van der Waals surface area contributed by atoms with Crippen LogP contribution in [0.5, 0.6) is 0 Å². The molecule has 0 spiro atoms. The van der Waals surface area contributed by atoms with E-state index in [-0.39, 0.29) is 28.1 Å². The second-order valence-electron chi connectivity index (χ2n) is 6.20. The normalized spacial score (nSPS) is 12.6. The Hall–Kier alpha value is -4.33. The van der Waals surface area contributed by atoms with Crippen molar-refractivity contribution < 1.29 is 24.3 Å². The molecular weight excluding hydrogens is 374 g/mol. The first-order valence-corrected chi connectivity index (χ1v) is 8.55. The zero-order chi connectivity index (χ0) is 20.5. The van der Waals surface area contributed by atoms with Gasteiger partial charge in [0.1, 0.15) is 0 Å². The SMILES string of the molecule is O=C(Nc1ccc2c(c1)C(=O)N(c1ccccc1)C2=O)c1cccnc1C(=O)O. The lowest BCUT2D eigenvalue weighted by atomic mass is 10.1. The first-order valence-electron chi connectivity index (χ1n) is 8.55. The second kappa shape index (κ2) is 7.01. The van der Waals surface area contributed by atoms with Gasteiger partial charge in [-0.15, -0.1) is 0 Å². The van der Waals surface area contributed by atoms with Gasteiger partial charge in [-0.25, -0.2) is 14.7 Å². The summed E-state index contributed by atoms with van der Waals surface area (Å²) in [6.45, 7) is 0. The molecule has 0 saturated carbocycles. The zero-order valence-electron chi connectivity index (χ0n) is 14.8. The number of hydrogen-bond donors (Lipinski definition) is 2. The Kier molecular flexibility index (Phi) is 4.36. The van der Waals surface area contributed by atoms with E-state index < -0.39 is 23.7 Å². The number of aromatic nitrogens is 1. The first-order chi connectivity index (χ1) is 14.0. The summed E-state index contributed by atoms with van der Waals surface area (Å²) in [4.78, 5) is 53.9. The molecule has 2 heterocycles. The molecule has 0 bridgehead atoms. The number of hydrogen-bond acceptors (Lipinski definition) is 5. The number of nitrogens with zero attached hydrogens (tertiary/aromatic N) is 2. The molecule has 142 valence electrons. The number of imide groups is 1. The van der Waals surface area contributed by atoms with Crippen LogP contribution < -0.4 is 10.2 Å². The molecule has 0 atom stereocenters. The standard InChI is InChI=1S/C21H13N3O5/c25-18(15-7-4-10-22-17(15)21(28)29)23-12-8-9-14-16(11-12)20(27)24(19(14)26)13-5-2-1-3-6-13/h1-11H,(H,23,25)(H,28,29). The Labute approximate surface area is 164 Å². The van der Waals surface area contributed by atoms with Crippen LogP contribution in [0.25, 0.3) is 0 Å². The molecule has 0 fully saturated rings. The van der Waals surface area contributed by atoms with Crippen LogP contribution in [-0.4, -0.2) is 33.8 Å². The lowest BCUT2D eigenvalue weighted by Gasteiger charge is -2.13. The van der Waals surface area contributed by atoms with E-state index in [0.29, 0.717) is 5.69 Å². The first kappa shape index (κ1) is 18.1. The van der Waals surface area contributed by atoms with Gasteiger partial charge >= 0.3 is 5.97 Å². The number of nitrogens with one attached hydrogen (secondary N) is 1. The van der Waals surface area contributed by atoms with Crippen LogP contribution in [0.4, 0.5) is 11.4 Å². The van der Waals surface area contributed by atoms with Gasteiger partial charge < -0.3 is 10.4 Å². The number of fused-ring (bicyclic) bond motifs is 1. The monoisotopic (exact) mass is 387 g/mol. The molecule has 3 aromatic rings. The highest BCUT2D eigenvalue weighted by Gasteiger charge is 2.36. The predicted molar refractivity (Wildman–Crippen MR) is 103 cm³/mol. The van der Waals surface area contributed by atoms with E-state index in [9.17, 15) is 24.3 Å². The summed E-state index contributed by atoms with van der Waals surface area (Å²) in [5.41, 5.74) is 0.586. The van der Waals surface area contributed by atoms with E-state index in [1.807, 2.05) is 0 Å². The van der Waals surface area contributed by atoms with Crippen LogP contribution in [0.1, 0.15) is 41.6 Å². The summed E-state index contributed by atoms with van der Waals surface area (Å²) in [7, 11) is 0. The third-order valence-electron chi connectivity index (χ3n) is 4.41. The summed E-state index contributed by atoms with van der Waals surface area (Å²) in [6.07, 6.45) is 1.28. The van der Waals surface area contributed by atoms with Crippen molar-refractivity contribution in [3.8, 4) is 0 Å². The summed E-state index contributed by atoms with van der Waals surface area (Å²) in [6, 6.07) is 15.6. The number of rotatable bonds is 4. The molecular formula is C21H13N3O5. The lowest BCUT2D eigenvalue weighted by molar-refractivity contribution is 0.0685. The molecule has 1 aromatic heterocycles. The van der Waals surface area contributed by atoms with Crippen molar-refractivity contribution in [1.29, 1.82) is 0 Å². The van der Waals surface area contributed by atoms with Crippen LogP contribution in [-0.2, 0) is 0 Å². The molecule has 0 unspecified atom stereocenters. The van der Waals surface area contributed by atoms with Crippen LogP contribution in [0, 0.1) is 0 Å². The Morgan fingerprint density at radius 1 is 0.897 bits per heavy atom. The largest absolute Gasteiger partial charge is 0.476 e. The molecule has 1 aliphatic heterocycles. The maximum absolute atomic E-state index is 12.8. The molecule has 8 nitrogen and oxygen atoms in total. The van der Waals surface area contributed by atoms with Crippen LogP contribution in [0.15, 0.2) is 66.9 Å². The highest BCUT2D eigenvalue weighted by molar-refractivity contribution is 6.34. The molecule has 0 aliphatic carbocycles. The quantitative estimate of drug-likeness (QED) is 0.665. The molecule has 1 aliphatic rings. The summed E-state index contributed by atoms with van der Waals surface area (Å²) < 4.78 is 0. The fraction of sp³-hybridized carbons (Fsp3) is 0. The molecule has 0 saturated heterocycles. The minimum Gasteiger partial charge on any atom is -0.476 e. The maximum atomic E-state index is 12.8. The van der Waals surface area contributed by atoms with E-state index in [1.54, 1.807) is 30.3 Å². The molecule has 4 rings (SSSR count). The van der Waals surface area contributed by atoms with Gasteiger partial charge in [-0.3, -0.25) is 14.4 Å². The average molecular weight is 387 g/mol. The summed E-state index contributed by atoms with van der Waals surface area (Å²) in [5, 5.41) is 11.7. The number of carbonyl (C=O) groups excluding carboxylic acids is 3. The number of carbonyl (C=O) groups is 4. The van der Waals surface area contributed by atoms with E-state index in [4.69, 9.17) is 0 Å². The third kappa shape index (κ3) is 3.12. The Morgan fingerprint density at radius 2 is 1.62 bits per heavy atom. The highest BCUT2D eigenvalue weighted by atomic mass is 16.4. The predicted octanol–water partition coefficient (Wildman–Crippen LogP) is 2.83. The smallest absolute Gasteiger partial charge is 0.355 e. The van der Waals surface area contributed by atoms with E-state index in [0.717, 1.165) is 4.90 Å². The number of carboxylic acid groups (broad SMARTS) is 1. The molecule has 29 heavy (non-hydrogen) atoms. The van der Waals surface area contributed by atoms with Crippen molar-refractivity contribution >= 4 is 35.1 Å². The molecule has 3 amide bonds.